The number of benzene rings is 4. The first-order valence-corrected chi connectivity index (χ1v) is 19.8. The molecule has 0 amide bonds. The monoisotopic (exact) mass is 736 g/mol. The van der Waals surface area contributed by atoms with Crippen LogP contribution in [-0.2, 0) is 31.1 Å². The predicted molar refractivity (Wildman–Crippen MR) is 213 cm³/mol. The number of hydrogen-bond acceptors (Lipinski definition) is 6. The molecular weight excluding hydrogens is 685 g/mol. The fourth-order valence-electron chi connectivity index (χ4n) is 10.9. The van der Waals surface area contributed by atoms with Crippen LogP contribution in [-0.4, -0.2) is 45.4 Å². The number of carbonyl (C=O) groups excluding carboxylic acids is 2. The molecule has 6 nitrogen and oxygen atoms in total. The maximum absolute atomic E-state index is 14.0. The van der Waals surface area contributed by atoms with Crippen LogP contribution < -0.4 is 0 Å². The summed E-state index contributed by atoms with van der Waals surface area (Å²) in [5.74, 6) is -2.57. The van der Waals surface area contributed by atoms with Gasteiger partial charge in [0.15, 0.2) is 5.78 Å². The molecule has 4 aliphatic rings. The predicted octanol–water partition coefficient (Wildman–Crippen LogP) is 8.55. The van der Waals surface area contributed by atoms with Crippen LogP contribution in [0.4, 0.5) is 0 Å². The van der Waals surface area contributed by atoms with Crippen molar-refractivity contribution in [3.8, 4) is 0 Å². The first-order valence-electron chi connectivity index (χ1n) is 19.8. The van der Waals surface area contributed by atoms with E-state index in [0.717, 1.165) is 28.7 Å². The number of aryl methyl sites for hydroxylation is 1. The Bertz CT molecular complexity index is 2010. The molecule has 2 saturated carbocycles. The normalized spacial score (nSPS) is 30.5. The maximum atomic E-state index is 14.0. The molecule has 0 radical (unpaired) electrons. The zero-order chi connectivity index (χ0) is 38.6. The Kier molecular flexibility index (Phi) is 9.39. The summed E-state index contributed by atoms with van der Waals surface area (Å²) in [6.45, 7) is 8.05. The van der Waals surface area contributed by atoms with E-state index in [2.05, 4.69) is 68.5 Å². The minimum atomic E-state index is -1.85. The topological polar surface area (TPSA) is 93.1 Å². The summed E-state index contributed by atoms with van der Waals surface area (Å²) in [5, 5.41) is 25.7. The molecule has 0 aliphatic heterocycles. The van der Waals surface area contributed by atoms with Crippen molar-refractivity contribution in [3.63, 3.8) is 0 Å². The molecule has 7 atom stereocenters. The van der Waals surface area contributed by atoms with Crippen molar-refractivity contribution in [3.05, 3.63) is 167 Å². The maximum Gasteiger partial charge on any atom is 0.306 e. The molecule has 8 rings (SSSR count). The molecule has 0 heterocycles. The molecule has 6 heteroatoms. The Morgan fingerprint density at radius 1 is 0.800 bits per heavy atom. The van der Waals surface area contributed by atoms with Crippen molar-refractivity contribution < 1.29 is 29.3 Å². The van der Waals surface area contributed by atoms with E-state index in [1.54, 1.807) is 13.0 Å². The lowest BCUT2D eigenvalue weighted by atomic mass is 9.60. The highest BCUT2D eigenvalue weighted by molar-refractivity contribution is 6.04. The fourth-order valence-corrected chi connectivity index (χ4v) is 10.9. The summed E-state index contributed by atoms with van der Waals surface area (Å²) in [6.07, 6.45) is 6.10. The second kappa shape index (κ2) is 13.8. The van der Waals surface area contributed by atoms with Crippen LogP contribution in [0.3, 0.4) is 0 Å². The number of esters is 1. The lowest BCUT2D eigenvalue weighted by molar-refractivity contribution is -0.187. The van der Waals surface area contributed by atoms with Crippen molar-refractivity contribution in [2.75, 3.05) is 6.61 Å². The van der Waals surface area contributed by atoms with Gasteiger partial charge in [-0.1, -0.05) is 154 Å². The third kappa shape index (κ3) is 5.87. The van der Waals surface area contributed by atoms with E-state index >= 15 is 0 Å². The van der Waals surface area contributed by atoms with Gasteiger partial charge in [-0.25, -0.2) is 0 Å². The van der Waals surface area contributed by atoms with Crippen LogP contribution in [0.2, 0.25) is 0 Å². The lowest BCUT2D eigenvalue weighted by Gasteiger charge is -2.50. The van der Waals surface area contributed by atoms with Crippen LogP contribution in [0.15, 0.2) is 145 Å². The number of fused-ring (bicyclic) bond motifs is 5. The van der Waals surface area contributed by atoms with Crippen LogP contribution in [0.1, 0.15) is 75.6 Å². The summed E-state index contributed by atoms with van der Waals surface area (Å²) in [4.78, 5) is 27.6. The number of aliphatic hydroxyl groups is 2. The standard InChI is InChI=1S/C49H52O6/c1-33-28-41-46(52,44(33)51)31-36(32-54-49(37-21-11-6-12-22-37,38-23-13-7-14-24-38)39-25-15-8-16-26-39)29-40-43-45(3,4)47(43,30-34(2)48(40,41)53)55-42(50)27-17-20-35-18-9-5-10-19-35/h5-16,18-19,21-26,28-29,34,40-41,43,52-53H,17,20,27,30-32H2,1-4H3/t34-,40+,41-,43-,46-,47+,48-/m1/s1. The quantitative estimate of drug-likeness (QED) is 0.0911. The minimum absolute atomic E-state index is 0.0176. The lowest BCUT2D eigenvalue weighted by Crippen LogP contribution is -2.61. The fraction of sp³-hybridized carbons (Fsp3) is 0.388. The number of rotatable bonds is 11. The Hall–Kier alpha value is -4.62. The van der Waals surface area contributed by atoms with Gasteiger partial charge in [-0.05, 0) is 65.5 Å². The second-order valence-electron chi connectivity index (χ2n) is 17.1. The van der Waals surface area contributed by atoms with Crippen LogP contribution >= 0.6 is 0 Å². The second-order valence-corrected chi connectivity index (χ2v) is 17.1. The van der Waals surface area contributed by atoms with Crippen molar-refractivity contribution in [1.82, 2.24) is 0 Å². The van der Waals surface area contributed by atoms with Gasteiger partial charge in [0.05, 0.1) is 12.2 Å². The number of hydrogen-bond donors (Lipinski definition) is 2. The number of ether oxygens (including phenoxy) is 2. The summed E-state index contributed by atoms with van der Waals surface area (Å²) in [5.41, 5.74) is -0.395. The van der Waals surface area contributed by atoms with E-state index in [1.165, 1.54) is 5.56 Å². The Morgan fingerprint density at radius 3 is 1.87 bits per heavy atom. The summed E-state index contributed by atoms with van der Waals surface area (Å²) < 4.78 is 13.8. The van der Waals surface area contributed by atoms with Gasteiger partial charge < -0.3 is 19.7 Å². The zero-order valence-electron chi connectivity index (χ0n) is 32.3. The first kappa shape index (κ1) is 37.3. The van der Waals surface area contributed by atoms with Gasteiger partial charge in [0, 0.05) is 36.0 Å². The first-order chi connectivity index (χ1) is 26.4. The van der Waals surface area contributed by atoms with Gasteiger partial charge in [0.25, 0.3) is 0 Å². The Morgan fingerprint density at radius 2 is 1.33 bits per heavy atom. The summed E-state index contributed by atoms with van der Waals surface area (Å²) in [6, 6.07) is 40.5. The van der Waals surface area contributed by atoms with E-state index in [-0.39, 0.29) is 30.7 Å². The van der Waals surface area contributed by atoms with Gasteiger partial charge in [-0.15, -0.1) is 0 Å². The molecule has 4 aromatic carbocycles. The molecule has 2 N–H and O–H groups in total. The van der Waals surface area contributed by atoms with Crippen LogP contribution in [0, 0.1) is 29.1 Å². The van der Waals surface area contributed by atoms with Crippen molar-refractivity contribution in [2.45, 2.75) is 82.2 Å². The molecule has 0 bridgehead atoms. The van der Waals surface area contributed by atoms with Gasteiger partial charge >= 0.3 is 5.97 Å². The summed E-state index contributed by atoms with van der Waals surface area (Å²) >= 11 is 0. The molecule has 4 aliphatic carbocycles. The highest BCUT2D eigenvalue weighted by Gasteiger charge is 2.83. The molecule has 0 aromatic heterocycles. The Labute approximate surface area is 324 Å². The molecule has 2 fully saturated rings. The third-order valence-electron chi connectivity index (χ3n) is 13.7. The largest absolute Gasteiger partial charge is 0.458 e. The average molecular weight is 737 g/mol. The number of Topliss-reactive ketones (excluding diaryl/α,β-unsaturated/α-hetero) is 1. The van der Waals surface area contributed by atoms with E-state index in [9.17, 15) is 19.8 Å². The Balaban J connectivity index is 1.18. The van der Waals surface area contributed by atoms with Crippen molar-refractivity contribution >= 4 is 11.8 Å². The van der Waals surface area contributed by atoms with E-state index in [1.807, 2.05) is 79.7 Å². The smallest absolute Gasteiger partial charge is 0.306 e. The van der Waals surface area contributed by atoms with Gasteiger partial charge in [-0.3, -0.25) is 9.59 Å². The number of carbonyl (C=O) groups is 2. The van der Waals surface area contributed by atoms with E-state index < -0.39 is 45.6 Å². The minimum Gasteiger partial charge on any atom is -0.458 e. The highest BCUT2D eigenvalue weighted by atomic mass is 16.6. The average Bonchev–Trinajstić information content (AvgIpc) is 3.60. The highest BCUT2D eigenvalue weighted by Crippen LogP contribution is 2.76. The van der Waals surface area contributed by atoms with Crippen molar-refractivity contribution in [2.24, 2.45) is 29.1 Å². The molecule has 4 aromatic rings. The van der Waals surface area contributed by atoms with Crippen molar-refractivity contribution in [1.29, 1.82) is 0 Å². The summed E-state index contributed by atoms with van der Waals surface area (Å²) in [7, 11) is 0. The molecule has 0 unspecified atom stereocenters. The van der Waals surface area contributed by atoms with Crippen LogP contribution in [0.5, 0.6) is 0 Å². The van der Waals surface area contributed by atoms with Crippen LogP contribution in [0.25, 0.3) is 0 Å². The van der Waals surface area contributed by atoms with Gasteiger partial charge in [0.1, 0.15) is 16.8 Å². The van der Waals surface area contributed by atoms with E-state index in [4.69, 9.17) is 9.47 Å². The third-order valence-corrected chi connectivity index (χ3v) is 13.7. The SMILES string of the molecule is CC1=C[C@H]2[C@@]3(O)[C@H](C)C[C@]4(OC(=O)CCCc5ccccc5)[C@H]([C@@H]3C=C(COC(c3ccccc3)(c3ccccc3)c3ccccc3)C[C@]2(O)C1=O)C4(C)C. The van der Waals surface area contributed by atoms with Gasteiger partial charge in [0.2, 0.25) is 0 Å². The molecular formula is C49H52O6. The molecule has 55 heavy (non-hydrogen) atoms. The zero-order valence-corrected chi connectivity index (χ0v) is 32.3. The molecule has 0 saturated heterocycles. The van der Waals surface area contributed by atoms with E-state index in [0.29, 0.717) is 24.8 Å². The number of ketones is 1. The molecule has 284 valence electrons. The molecule has 0 spiro atoms. The van der Waals surface area contributed by atoms with Gasteiger partial charge in [-0.2, -0.15) is 0 Å².